The molecule has 2 aromatic rings. The SMILES string of the molecule is Cc1ccc(NCc2ccc(OC(F)(F)F)cc2)c(Br)c1. The van der Waals surface area contributed by atoms with Gasteiger partial charge >= 0.3 is 6.36 Å². The summed E-state index contributed by atoms with van der Waals surface area (Å²) in [5, 5.41) is 3.21. The highest BCUT2D eigenvalue weighted by molar-refractivity contribution is 9.10. The zero-order valence-electron chi connectivity index (χ0n) is 11.2. The molecule has 0 amide bonds. The standard InChI is InChI=1S/C15H13BrF3NO/c1-10-2-7-14(13(16)8-10)20-9-11-3-5-12(6-4-11)21-15(17,18)19/h2-8,20H,9H2,1H3. The van der Waals surface area contributed by atoms with Crippen LogP contribution < -0.4 is 10.1 Å². The Bertz CT molecular complexity index is 611. The lowest BCUT2D eigenvalue weighted by atomic mass is 10.2. The Kier molecular flexibility index (Phi) is 4.77. The van der Waals surface area contributed by atoms with Gasteiger partial charge in [-0.25, -0.2) is 0 Å². The van der Waals surface area contributed by atoms with Gasteiger partial charge in [0.15, 0.2) is 0 Å². The predicted octanol–water partition coefficient (Wildman–Crippen LogP) is 5.27. The topological polar surface area (TPSA) is 21.3 Å². The molecule has 21 heavy (non-hydrogen) atoms. The third kappa shape index (κ3) is 4.97. The molecule has 112 valence electrons. The van der Waals surface area contributed by atoms with Crippen LogP contribution in [0.5, 0.6) is 5.75 Å². The lowest BCUT2D eigenvalue weighted by molar-refractivity contribution is -0.274. The minimum Gasteiger partial charge on any atom is -0.406 e. The second kappa shape index (κ2) is 6.39. The maximum Gasteiger partial charge on any atom is 0.573 e. The van der Waals surface area contributed by atoms with Crippen LogP contribution in [-0.2, 0) is 6.54 Å². The van der Waals surface area contributed by atoms with Gasteiger partial charge in [-0.3, -0.25) is 0 Å². The van der Waals surface area contributed by atoms with Crippen LogP contribution in [0.25, 0.3) is 0 Å². The van der Waals surface area contributed by atoms with Crippen molar-refractivity contribution in [1.29, 1.82) is 0 Å². The van der Waals surface area contributed by atoms with Gasteiger partial charge in [-0.15, -0.1) is 13.2 Å². The van der Waals surface area contributed by atoms with Crippen molar-refractivity contribution in [2.75, 3.05) is 5.32 Å². The highest BCUT2D eigenvalue weighted by Crippen LogP contribution is 2.25. The average Bonchev–Trinajstić information content (AvgIpc) is 2.38. The first-order chi connectivity index (χ1) is 9.83. The van der Waals surface area contributed by atoms with E-state index in [0.29, 0.717) is 6.54 Å². The molecule has 0 aromatic heterocycles. The molecule has 6 heteroatoms. The van der Waals surface area contributed by atoms with E-state index in [1.807, 2.05) is 25.1 Å². The third-order valence-corrected chi connectivity index (χ3v) is 3.42. The van der Waals surface area contributed by atoms with E-state index in [2.05, 4.69) is 26.0 Å². The van der Waals surface area contributed by atoms with Crippen LogP contribution in [-0.4, -0.2) is 6.36 Å². The van der Waals surface area contributed by atoms with Crippen LogP contribution in [0.4, 0.5) is 18.9 Å². The van der Waals surface area contributed by atoms with Crippen LogP contribution in [0.3, 0.4) is 0 Å². The Balaban J connectivity index is 1.97. The molecule has 0 saturated carbocycles. The van der Waals surface area contributed by atoms with E-state index in [1.165, 1.54) is 12.1 Å². The molecule has 2 rings (SSSR count). The lowest BCUT2D eigenvalue weighted by Crippen LogP contribution is -2.17. The van der Waals surface area contributed by atoms with Gasteiger partial charge in [0, 0.05) is 16.7 Å². The lowest BCUT2D eigenvalue weighted by Gasteiger charge is -2.11. The van der Waals surface area contributed by atoms with E-state index in [-0.39, 0.29) is 5.75 Å². The number of anilines is 1. The summed E-state index contributed by atoms with van der Waals surface area (Å²) in [6.45, 7) is 2.50. The molecule has 0 unspecified atom stereocenters. The van der Waals surface area contributed by atoms with Crippen molar-refractivity contribution in [2.24, 2.45) is 0 Å². The van der Waals surface area contributed by atoms with Crippen molar-refractivity contribution >= 4 is 21.6 Å². The molecule has 0 fully saturated rings. The number of alkyl halides is 3. The summed E-state index contributed by atoms with van der Waals surface area (Å²) >= 11 is 3.46. The van der Waals surface area contributed by atoms with E-state index < -0.39 is 6.36 Å². The number of ether oxygens (including phenoxy) is 1. The third-order valence-electron chi connectivity index (χ3n) is 2.76. The predicted molar refractivity (Wildman–Crippen MR) is 79.3 cm³/mol. The molecule has 2 aromatic carbocycles. The smallest absolute Gasteiger partial charge is 0.406 e. The van der Waals surface area contributed by atoms with E-state index in [0.717, 1.165) is 21.3 Å². The Morgan fingerprint density at radius 1 is 1.10 bits per heavy atom. The second-order valence-electron chi connectivity index (χ2n) is 4.53. The van der Waals surface area contributed by atoms with Crippen LogP contribution >= 0.6 is 15.9 Å². The Morgan fingerprint density at radius 3 is 2.33 bits per heavy atom. The minimum atomic E-state index is -4.66. The maximum absolute atomic E-state index is 12.0. The van der Waals surface area contributed by atoms with E-state index in [9.17, 15) is 13.2 Å². The summed E-state index contributed by atoms with van der Waals surface area (Å²) in [6.07, 6.45) is -4.66. The summed E-state index contributed by atoms with van der Waals surface area (Å²) < 4.78 is 40.9. The van der Waals surface area contributed by atoms with E-state index in [1.54, 1.807) is 12.1 Å². The number of nitrogens with one attached hydrogen (secondary N) is 1. The van der Waals surface area contributed by atoms with Gasteiger partial charge in [0.05, 0.1) is 0 Å². The van der Waals surface area contributed by atoms with Gasteiger partial charge in [0.2, 0.25) is 0 Å². The molecule has 0 radical (unpaired) electrons. The first-order valence-corrected chi connectivity index (χ1v) is 6.97. The van der Waals surface area contributed by atoms with Crippen molar-refractivity contribution < 1.29 is 17.9 Å². The molecule has 0 spiro atoms. The molecular weight excluding hydrogens is 347 g/mol. The quantitative estimate of drug-likeness (QED) is 0.802. The van der Waals surface area contributed by atoms with Gasteiger partial charge < -0.3 is 10.1 Å². The first-order valence-electron chi connectivity index (χ1n) is 6.18. The fraction of sp³-hybridized carbons (Fsp3) is 0.200. The van der Waals surface area contributed by atoms with Crippen LogP contribution in [0.1, 0.15) is 11.1 Å². The zero-order chi connectivity index (χ0) is 15.5. The summed E-state index contributed by atoms with van der Waals surface area (Å²) in [5.74, 6) is -0.220. The van der Waals surface area contributed by atoms with E-state index >= 15 is 0 Å². The van der Waals surface area contributed by atoms with Crippen molar-refractivity contribution in [3.63, 3.8) is 0 Å². The van der Waals surface area contributed by atoms with Crippen molar-refractivity contribution in [1.82, 2.24) is 0 Å². The first kappa shape index (κ1) is 15.7. The summed E-state index contributed by atoms with van der Waals surface area (Å²) in [7, 11) is 0. The molecule has 0 aliphatic heterocycles. The molecule has 0 heterocycles. The number of halogens is 4. The van der Waals surface area contributed by atoms with Crippen molar-refractivity contribution in [2.45, 2.75) is 19.8 Å². The van der Waals surface area contributed by atoms with Gasteiger partial charge in [0.25, 0.3) is 0 Å². The molecule has 2 nitrogen and oxygen atoms in total. The molecule has 0 aliphatic carbocycles. The molecule has 0 bridgehead atoms. The maximum atomic E-state index is 12.0. The van der Waals surface area contributed by atoms with Gasteiger partial charge in [0.1, 0.15) is 5.75 Å². The zero-order valence-corrected chi connectivity index (χ0v) is 12.8. The number of benzene rings is 2. The van der Waals surface area contributed by atoms with E-state index in [4.69, 9.17) is 0 Å². The molecular formula is C15H13BrF3NO. The Hall–Kier alpha value is -1.69. The Morgan fingerprint density at radius 2 is 1.76 bits per heavy atom. The number of aryl methyl sites for hydroxylation is 1. The molecule has 1 N–H and O–H groups in total. The average molecular weight is 360 g/mol. The molecule has 0 saturated heterocycles. The molecule has 0 atom stereocenters. The van der Waals surface area contributed by atoms with Crippen molar-refractivity contribution in [3.05, 3.63) is 58.1 Å². The fourth-order valence-electron chi connectivity index (χ4n) is 1.77. The fourth-order valence-corrected chi connectivity index (χ4v) is 2.40. The van der Waals surface area contributed by atoms with Gasteiger partial charge in [-0.2, -0.15) is 0 Å². The second-order valence-corrected chi connectivity index (χ2v) is 5.38. The van der Waals surface area contributed by atoms with Crippen LogP contribution in [0.2, 0.25) is 0 Å². The van der Waals surface area contributed by atoms with Crippen LogP contribution in [0.15, 0.2) is 46.9 Å². The summed E-state index contributed by atoms with van der Waals surface area (Å²) in [6, 6.07) is 11.7. The van der Waals surface area contributed by atoms with Gasteiger partial charge in [-0.1, -0.05) is 18.2 Å². The van der Waals surface area contributed by atoms with Crippen molar-refractivity contribution in [3.8, 4) is 5.75 Å². The number of hydrogen-bond acceptors (Lipinski definition) is 2. The monoisotopic (exact) mass is 359 g/mol. The summed E-state index contributed by atoms with van der Waals surface area (Å²) in [5.41, 5.74) is 2.93. The number of rotatable bonds is 4. The normalized spacial score (nSPS) is 11.3. The molecule has 0 aliphatic rings. The highest BCUT2D eigenvalue weighted by atomic mass is 79.9. The van der Waals surface area contributed by atoms with Gasteiger partial charge in [-0.05, 0) is 58.2 Å². The summed E-state index contributed by atoms with van der Waals surface area (Å²) in [4.78, 5) is 0. The Labute approximate surface area is 129 Å². The van der Waals surface area contributed by atoms with Crippen LogP contribution in [0, 0.1) is 6.92 Å². The minimum absolute atomic E-state index is 0.220. The highest BCUT2D eigenvalue weighted by Gasteiger charge is 2.30. The largest absolute Gasteiger partial charge is 0.573 e. The number of hydrogen-bond donors (Lipinski definition) is 1.